The Balaban J connectivity index is 2.03. The molecule has 0 aliphatic heterocycles. The predicted molar refractivity (Wildman–Crippen MR) is 96.5 cm³/mol. The maximum Gasteiger partial charge on any atom is 0.192 e. The van der Waals surface area contributed by atoms with Crippen molar-refractivity contribution in [3.63, 3.8) is 0 Å². The molecule has 21 heavy (non-hydrogen) atoms. The van der Waals surface area contributed by atoms with Gasteiger partial charge in [-0.25, -0.2) is 0 Å². The minimum Gasteiger partial charge on any atom is -0.0783 e. The summed E-state index contributed by atoms with van der Waals surface area (Å²) in [6.07, 6.45) is 7.53. The molecule has 0 fully saturated rings. The number of hydrogen-bond donors (Lipinski definition) is 0. The molecular weight excluding hydrogens is 251 g/mol. The van der Waals surface area contributed by atoms with Crippen LogP contribution >= 0.6 is 0 Å². The molecule has 0 saturated carbocycles. The fraction of sp³-hybridized carbons (Fsp3) is 0.400. The molecule has 2 rings (SSSR count). The molecule has 0 atom stereocenters. The summed E-state index contributed by atoms with van der Waals surface area (Å²) >= 11 is 0. The van der Waals surface area contributed by atoms with Gasteiger partial charge in [-0.2, -0.15) is 0 Å². The van der Waals surface area contributed by atoms with Gasteiger partial charge in [0.05, 0.1) is 0 Å². The van der Waals surface area contributed by atoms with Crippen LogP contribution in [0.4, 0.5) is 0 Å². The molecule has 0 unspecified atom stereocenters. The minimum atomic E-state index is 1.06. The monoisotopic (exact) mass is 278 g/mol. The van der Waals surface area contributed by atoms with E-state index in [0.29, 0.717) is 0 Å². The fourth-order valence-corrected chi connectivity index (χ4v) is 2.79. The zero-order chi connectivity index (χ0) is 14.9. The zero-order valence-electron chi connectivity index (χ0n) is 13.6. The number of hydrogen-bond acceptors (Lipinski definition) is 0. The van der Waals surface area contributed by atoms with E-state index in [-0.39, 0.29) is 0 Å². The highest BCUT2D eigenvalue weighted by Gasteiger charge is 2.02. The Morgan fingerprint density at radius 1 is 0.714 bits per heavy atom. The van der Waals surface area contributed by atoms with Gasteiger partial charge in [-0.15, -0.1) is 0 Å². The van der Waals surface area contributed by atoms with E-state index in [2.05, 4.69) is 62.4 Å². The van der Waals surface area contributed by atoms with Gasteiger partial charge in [0.25, 0.3) is 0 Å². The Morgan fingerprint density at radius 2 is 1.19 bits per heavy atom. The number of benzene rings is 2. The van der Waals surface area contributed by atoms with E-state index in [0.717, 1.165) is 7.28 Å². The molecule has 0 heterocycles. The van der Waals surface area contributed by atoms with Gasteiger partial charge in [-0.1, -0.05) is 86.1 Å². The zero-order valence-corrected chi connectivity index (χ0v) is 13.6. The Labute approximate surface area is 130 Å². The van der Waals surface area contributed by atoms with Crippen LogP contribution in [-0.2, 0) is 12.8 Å². The first-order valence-electron chi connectivity index (χ1n) is 8.47. The molecule has 0 saturated heterocycles. The summed E-state index contributed by atoms with van der Waals surface area (Å²) < 4.78 is 0. The molecule has 0 aliphatic rings. The average molecular weight is 278 g/mol. The van der Waals surface area contributed by atoms with Crippen LogP contribution in [0, 0.1) is 0 Å². The average Bonchev–Trinajstić information content (AvgIpc) is 2.52. The topological polar surface area (TPSA) is 0 Å². The van der Waals surface area contributed by atoms with E-state index in [1.807, 2.05) is 0 Å². The van der Waals surface area contributed by atoms with Crippen LogP contribution in [0.5, 0.6) is 0 Å². The van der Waals surface area contributed by atoms with Gasteiger partial charge < -0.3 is 0 Å². The summed E-state index contributed by atoms with van der Waals surface area (Å²) in [6.45, 7) is 4.51. The molecule has 2 aromatic carbocycles. The van der Waals surface area contributed by atoms with Gasteiger partial charge in [0, 0.05) is 0 Å². The molecule has 1 heteroatoms. The van der Waals surface area contributed by atoms with Gasteiger partial charge in [-0.05, 0) is 36.8 Å². The molecule has 0 spiro atoms. The number of rotatable bonds is 8. The van der Waals surface area contributed by atoms with E-state index in [9.17, 15) is 0 Å². The van der Waals surface area contributed by atoms with Crippen LogP contribution in [0.15, 0.2) is 48.5 Å². The van der Waals surface area contributed by atoms with E-state index in [1.54, 1.807) is 0 Å². The summed E-state index contributed by atoms with van der Waals surface area (Å²) in [7, 11) is 1.06. The third-order valence-electron chi connectivity index (χ3n) is 4.03. The first-order chi connectivity index (χ1) is 10.3. The second kappa shape index (κ2) is 8.72. The summed E-state index contributed by atoms with van der Waals surface area (Å²) in [4.78, 5) is 0. The quantitative estimate of drug-likeness (QED) is 0.645. The van der Waals surface area contributed by atoms with Gasteiger partial charge in [-0.3, -0.25) is 0 Å². The van der Waals surface area contributed by atoms with Crippen molar-refractivity contribution < 1.29 is 0 Å². The third-order valence-corrected chi connectivity index (χ3v) is 4.03. The maximum atomic E-state index is 2.38. The third kappa shape index (κ3) is 5.42. The molecule has 0 N–H and O–H groups in total. The van der Waals surface area contributed by atoms with Crippen molar-refractivity contribution in [2.24, 2.45) is 0 Å². The lowest BCUT2D eigenvalue weighted by atomic mass is 9.63. The van der Waals surface area contributed by atoms with Crippen molar-refractivity contribution in [3.8, 4) is 0 Å². The Morgan fingerprint density at radius 3 is 1.62 bits per heavy atom. The largest absolute Gasteiger partial charge is 0.192 e. The lowest BCUT2D eigenvalue weighted by Crippen LogP contribution is -2.27. The minimum absolute atomic E-state index is 1.06. The molecule has 110 valence electrons. The molecule has 0 nitrogen and oxygen atoms in total. The predicted octanol–water partition coefficient (Wildman–Crippen LogP) is 3.76. The summed E-state index contributed by atoms with van der Waals surface area (Å²) in [5, 5.41) is 0. The van der Waals surface area contributed by atoms with E-state index in [1.165, 1.54) is 60.6 Å². The summed E-state index contributed by atoms with van der Waals surface area (Å²) in [5.41, 5.74) is 5.85. The number of unbranched alkanes of at least 4 members (excludes halogenated alkanes) is 2. The van der Waals surface area contributed by atoms with Crippen LogP contribution in [-0.4, -0.2) is 7.28 Å². The molecule has 0 radical (unpaired) electrons. The Hall–Kier alpha value is -1.50. The van der Waals surface area contributed by atoms with Crippen LogP contribution in [0.3, 0.4) is 0 Å². The molecule has 0 aromatic heterocycles. The highest BCUT2D eigenvalue weighted by molar-refractivity contribution is 6.67. The molecule has 0 aliphatic carbocycles. The lowest BCUT2D eigenvalue weighted by Gasteiger charge is -2.06. The van der Waals surface area contributed by atoms with Gasteiger partial charge in [0.2, 0.25) is 0 Å². The normalized spacial score (nSPS) is 10.6. The van der Waals surface area contributed by atoms with Crippen molar-refractivity contribution in [2.45, 2.75) is 52.4 Å². The van der Waals surface area contributed by atoms with E-state index >= 15 is 0 Å². The first kappa shape index (κ1) is 15.9. The summed E-state index contributed by atoms with van der Waals surface area (Å²) in [6, 6.07) is 18.2. The van der Waals surface area contributed by atoms with Crippen molar-refractivity contribution in [1.29, 1.82) is 0 Å². The first-order valence-corrected chi connectivity index (χ1v) is 8.47. The van der Waals surface area contributed by atoms with Gasteiger partial charge in [0.1, 0.15) is 0 Å². The number of aryl methyl sites for hydroxylation is 2. The molecule has 0 bridgehead atoms. The van der Waals surface area contributed by atoms with Crippen molar-refractivity contribution in [2.75, 3.05) is 0 Å². The van der Waals surface area contributed by atoms with Crippen LogP contribution in [0.2, 0.25) is 0 Å². The fourth-order valence-electron chi connectivity index (χ4n) is 2.79. The van der Waals surface area contributed by atoms with Crippen LogP contribution < -0.4 is 10.9 Å². The Bertz CT molecular complexity index is 496. The maximum absolute atomic E-state index is 2.38. The second-order valence-corrected chi connectivity index (χ2v) is 6.02. The molecular formula is C20H27B. The van der Waals surface area contributed by atoms with E-state index < -0.39 is 0 Å². The highest BCUT2D eigenvalue weighted by Crippen LogP contribution is 2.04. The van der Waals surface area contributed by atoms with Crippen molar-refractivity contribution in [1.82, 2.24) is 0 Å². The van der Waals surface area contributed by atoms with Crippen LogP contribution in [0.1, 0.15) is 50.7 Å². The van der Waals surface area contributed by atoms with Gasteiger partial charge >= 0.3 is 0 Å². The van der Waals surface area contributed by atoms with Crippen LogP contribution in [0.25, 0.3) is 0 Å². The lowest BCUT2D eigenvalue weighted by molar-refractivity contribution is 0.795. The highest BCUT2D eigenvalue weighted by atomic mass is 14.0. The molecule has 0 amide bonds. The van der Waals surface area contributed by atoms with Crippen molar-refractivity contribution >= 4 is 18.2 Å². The summed E-state index contributed by atoms with van der Waals surface area (Å²) in [5.74, 6) is 0. The van der Waals surface area contributed by atoms with Gasteiger partial charge in [0.15, 0.2) is 7.28 Å². The van der Waals surface area contributed by atoms with E-state index in [4.69, 9.17) is 0 Å². The van der Waals surface area contributed by atoms with Crippen molar-refractivity contribution in [3.05, 3.63) is 59.7 Å². The Kier molecular flexibility index (Phi) is 6.59. The SMILES string of the molecule is CCCCc1cccc(Bc2cccc(CCCC)c2)c1. The second-order valence-electron chi connectivity index (χ2n) is 6.02. The smallest absolute Gasteiger partial charge is 0.0783 e. The standard InChI is InChI=1S/C20H27B/c1-3-5-9-17-11-7-13-19(15-17)21-20-14-8-12-18(16-20)10-6-4-2/h7-8,11-16,21H,3-6,9-10H2,1-2H3. The molecule has 2 aromatic rings.